The van der Waals surface area contributed by atoms with Gasteiger partial charge in [-0.2, -0.15) is 0 Å². The standard InChI is InChI=1S/C27H32N4O2/c1-18-10-11-23-22(17-18)19(2)28-27(29-23)30-15-12-20(13-16-30)26(32)31-14-6-8-24(31)21-7-4-5-9-25(21)33-3/h4-5,7,9-11,17,20,24H,6,8,12-16H2,1-3H3. The van der Waals surface area contributed by atoms with Crippen molar-refractivity contribution in [1.82, 2.24) is 14.9 Å². The molecule has 0 aliphatic carbocycles. The van der Waals surface area contributed by atoms with Crippen molar-refractivity contribution < 1.29 is 9.53 Å². The molecule has 2 saturated heterocycles. The highest BCUT2D eigenvalue weighted by Gasteiger charge is 2.36. The molecule has 0 bridgehead atoms. The molecule has 172 valence electrons. The third-order valence-corrected chi connectivity index (χ3v) is 7.19. The van der Waals surface area contributed by atoms with Crippen LogP contribution in [0.3, 0.4) is 0 Å². The van der Waals surface area contributed by atoms with E-state index in [0.29, 0.717) is 0 Å². The van der Waals surface area contributed by atoms with E-state index in [1.54, 1.807) is 7.11 Å². The van der Waals surface area contributed by atoms with Gasteiger partial charge in [-0.1, -0.05) is 29.8 Å². The molecule has 2 aliphatic heterocycles. The molecule has 33 heavy (non-hydrogen) atoms. The van der Waals surface area contributed by atoms with Gasteiger partial charge in [0, 0.05) is 36.5 Å². The van der Waals surface area contributed by atoms with E-state index in [9.17, 15) is 4.79 Å². The van der Waals surface area contributed by atoms with E-state index < -0.39 is 0 Å². The maximum atomic E-state index is 13.5. The maximum absolute atomic E-state index is 13.5. The van der Waals surface area contributed by atoms with E-state index in [4.69, 9.17) is 14.7 Å². The molecule has 2 fully saturated rings. The topological polar surface area (TPSA) is 58.6 Å². The molecule has 3 heterocycles. The largest absolute Gasteiger partial charge is 0.496 e. The summed E-state index contributed by atoms with van der Waals surface area (Å²) in [6.07, 6.45) is 3.70. The first-order valence-electron chi connectivity index (χ1n) is 12.0. The number of fused-ring (bicyclic) bond motifs is 1. The third-order valence-electron chi connectivity index (χ3n) is 7.19. The van der Waals surface area contributed by atoms with Gasteiger partial charge >= 0.3 is 0 Å². The van der Waals surface area contributed by atoms with Crippen molar-refractivity contribution in [2.24, 2.45) is 5.92 Å². The van der Waals surface area contributed by atoms with Crippen molar-refractivity contribution in [3.8, 4) is 5.75 Å². The number of hydrogen-bond acceptors (Lipinski definition) is 5. The minimum Gasteiger partial charge on any atom is -0.496 e. The van der Waals surface area contributed by atoms with Crippen LogP contribution < -0.4 is 9.64 Å². The highest BCUT2D eigenvalue weighted by Crippen LogP contribution is 2.38. The van der Waals surface area contributed by atoms with Crippen molar-refractivity contribution in [2.45, 2.75) is 45.6 Å². The van der Waals surface area contributed by atoms with Crippen molar-refractivity contribution in [2.75, 3.05) is 31.6 Å². The number of likely N-dealkylation sites (tertiary alicyclic amines) is 1. The van der Waals surface area contributed by atoms with Crippen LogP contribution in [-0.2, 0) is 4.79 Å². The first-order valence-corrected chi connectivity index (χ1v) is 12.0. The van der Waals surface area contributed by atoms with Crippen molar-refractivity contribution >= 4 is 22.8 Å². The molecular weight excluding hydrogens is 412 g/mol. The van der Waals surface area contributed by atoms with Gasteiger partial charge in [-0.3, -0.25) is 4.79 Å². The van der Waals surface area contributed by atoms with Crippen LogP contribution in [0.1, 0.15) is 48.5 Å². The summed E-state index contributed by atoms with van der Waals surface area (Å²) in [4.78, 5) is 27.5. The molecular formula is C27H32N4O2. The number of rotatable bonds is 4. The maximum Gasteiger partial charge on any atom is 0.226 e. The smallest absolute Gasteiger partial charge is 0.226 e. The first kappa shape index (κ1) is 21.7. The van der Waals surface area contributed by atoms with Gasteiger partial charge < -0.3 is 14.5 Å². The van der Waals surface area contributed by atoms with Gasteiger partial charge in [-0.25, -0.2) is 9.97 Å². The van der Waals surface area contributed by atoms with Crippen LogP contribution in [0.4, 0.5) is 5.95 Å². The number of carbonyl (C=O) groups excluding carboxylic acids is 1. The summed E-state index contributed by atoms with van der Waals surface area (Å²) in [5, 5.41) is 1.11. The Labute approximate surface area is 195 Å². The third kappa shape index (κ3) is 4.14. The minimum absolute atomic E-state index is 0.0563. The number of aromatic nitrogens is 2. The van der Waals surface area contributed by atoms with E-state index in [1.807, 2.05) is 18.2 Å². The monoisotopic (exact) mass is 444 g/mol. The van der Waals surface area contributed by atoms with E-state index in [1.165, 1.54) is 5.56 Å². The quantitative estimate of drug-likeness (QED) is 0.577. The molecule has 0 saturated carbocycles. The first-order chi connectivity index (χ1) is 16.0. The number of ether oxygens (including phenoxy) is 1. The molecule has 0 N–H and O–H groups in total. The molecule has 1 aromatic heterocycles. The van der Waals surface area contributed by atoms with Crippen LogP contribution in [0.2, 0.25) is 0 Å². The summed E-state index contributed by atoms with van der Waals surface area (Å²) in [7, 11) is 1.70. The lowest BCUT2D eigenvalue weighted by Gasteiger charge is -2.35. The number of methoxy groups -OCH3 is 1. The lowest BCUT2D eigenvalue weighted by molar-refractivity contribution is -0.137. The van der Waals surface area contributed by atoms with Gasteiger partial charge in [0.2, 0.25) is 11.9 Å². The Kier molecular flexibility index (Phi) is 5.92. The highest BCUT2D eigenvalue weighted by molar-refractivity contribution is 5.83. The SMILES string of the molecule is COc1ccccc1C1CCCN1C(=O)C1CCN(c2nc(C)c3cc(C)ccc3n2)CC1. The predicted octanol–water partition coefficient (Wildman–Crippen LogP) is 4.84. The van der Waals surface area contributed by atoms with Crippen LogP contribution in [0.5, 0.6) is 5.75 Å². The summed E-state index contributed by atoms with van der Waals surface area (Å²) >= 11 is 0. The van der Waals surface area contributed by atoms with Crippen LogP contribution >= 0.6 is 0 Å². The van der Waals surface area contributed by atoms with Crippen LogP contribution in [0.15, 0.2) is 42.5 Å². The predicted molar refractivity (Wildman–Crippen MR) is 131 cm³/mol. The van der Waals surface area contributed by atoms with Gasteiger partial charge in [0.15, 0.2) is 0 Å². The molecule has 5 rings (SSSR count). The van der Waals surface area contributed by atoms with Crippen molar-refractivity contribution in [3.05, 3.63) is 59.3 Å². The molecule has 6 heteroatoms. The summed E-state index contributed by atoms with van der Waals surface area (Å²) in [6, 6.07) is 14.5. The van der Waals surface area contributed by atoms with Gasteiger partial charge in [0.05, 0.1) is 24.4 Å². The Bertz CT molecular complexity index is 1170. The molecule has 0 radical (unpaired) electrons. The molecule has 1 unspecified atom stereocenters. The normalized spacial score (nSPS) is 19.3. The van der Waals surface area contributed by atoms with Gasteiger partial charge in [-0.15, -0.1) is 0 Å². The molecule has 1 amide bonds. The van der Waals surface area contributed by atoms with Crippen LogP contribution in [0.25, 0.3) is 10.9 Å². The Hall–Kier alpha value is -3.15. The second kappa shape index (κ2) is 9.00. The number of anilines is 1. The fourth-order valence-electron chi connectivity index (χ4n) is 5.38. The Balaban J connectivity index is 1.28. The van der Waals surface area contributed by atoms with E-state index >= 15 is 0 Å². The molecule has 2 aromatic carbocycles. The average Bonchev–Trinajstić information content (AvgIpc) is 3.34. The second-order valence-electron chi connectivity index (χ2n) is 9.32. The van der Waals surface area contributed by atoms with Gasteiger partial charge in [0.1, 0.15) is 5.75 Å². The summed E-state index contributed by atoms with van der Waals surface area (Å²) in [6.45, 7) is 6.58. The highest BCUT2D eigenvalue weighted by atomic mass is 16.5. The number of aryl methyl sites for hydroxylation is 2. The number of hydrogen-bond donors (Lipinski definition) is 0. The van der Waals surface area contributed by atoms with Crippen LogP contribution in [-0.4, -0.2) is 47.5 Å². The molecule has 3 aromatic rings. The fourth-order valence-corrected chi connectivity index (χ4v) is 5.38. The number of nitrogens with zero attached hydrogens (tertiary/aromatic N) is 4. The number of carbonyl (C=O) groups is 1. The summed E-state index contributed by atoms with van der Waals surface area (Å²) < 4.78 is 5.58. The zero-order valence-electron chi connectivity index (χ0n) is 19.8. The lowest BCUT2D eigenvalue weighted by Crippen LogP contribution is -2.43. The van der Waals surface area contributed by atoms with Gasteiger partial charge in [-0.05, 0) is 57.7 Å². The lowest BCUT2D eigenvalue weighted by atomic mass is 9.94. The molecule has 2 aliphatic rings. The summed E-state index contributed by atoms with van der Waals surface area (Å²) in [5.74, 6) is 1.99. The van der Waals surface area contributed by atoms with Crippen molar-refractivity contribution in [3.63, 3.8) is 0 Å². The molecule has 0 spiro atoms. The van der Waals surface area contributed by atoms with E-state index in [-0.39, 0.29) is 17.9 Å². The van der Waals surface area contributed by atoms with E-state index in [0.717, 1.165) is 79.2 Å². The number of piperidine rings is 1. The molecule has 1 atom stereocenters. The average molecular weight is 445 g/mol. The summed E-state index contributed by atoms with van der Waals surface area (Å²) in [5.41, 5.74) is 4.33. The Morgan fingerprint density at radius 3 is 2.58 bits per heavy atom. The van der Waals surface area contributed by atoms with Crippen LogP contribution in [0, 0.1) is 19.8 Å². The number of amides is 1. The second-order valence-corrected chi connectivity index (χ2v) is 9.32. The van der Waals surface area contributed by atoms with E-state index in [2.05, 4.69) is 47.9 Å². The van der Waals surface area contributed by atoms with Crippen molar-refractivity contribution in [1.29, 1.82) is 0 Å². The zero-order valence-corrected chi connectivity index (χ0v) is 19.8. The Morgan fingerprint density at radius 1 is 1.00 bits per heavy atom. The minimum atomic E-state index is 0.0563. The Morgan fingerprint density at radius 2 is 1.79 bits per heavy atom. The zero-order chi connectivity index (χ0) is 22.9. The fraction of sp³-hybridized carbons (Fsp3) is 0.444. The number of benzene rings is 2. The molecule has 6 nitrogen and oxygen atoms in total. The number of para-hydroxylation sites is 1. The van der Waals surface area contributed by atoms with Gasteiger partial charge in [0.25, 0.3) is 0 Å².